The van der Waals surface area contributed by atoms with E-state index >= 15 is 0 Å². The van der Waals surface area contributed by atoms with Crippen LogP contribution in [-0.2, 0) is 6.18 Å². The zero-order valence-electron chi connectivity index (χ0n) is 5.46. The molecule has 2 nitrogen and oxygen atoms in total. The highest BCUT2D eigenvalue weighted by molar-refractivity contribution is 5.19. The van der Waals surface area contributed by atoms with Gasteiger partial charge in [-0.3, -0.25) is 5.10 Å². The van der Waals surface area contributed by atoms with Crippen molar-refractivity contribution in [3.63, 3.8) is 0 Å². The Morgan fingerprint density at radius 1 is 1.36 bits per heavy atom. The molecule has 62 valence electrons. The van der Waals surface area contributed by atoms with Gasteiger partial charge in [-0.2, -0.15) is 17.6 Å². The van der Waals surface area contributed by atoms with Gasteiger partial charge < -0.3 is 0 Å². The number of halogens is 4. The minimum Gasteiger partial charge on any atom is -0.279 e. The second-order valence-corrected chi connectivity index (χ2v) is 2.01. The number of aryl methyl sites for hydroxylation is 1. The van der Waals surface area contributed by atoms with E-state index < -0.39 is 17.7 Å². The number of hydrogen-bond acceptors (Lipinski definition) is 1. The second-order valence-electron chi connectivity index (χ2n) is 2.01. The summed E-state index contributed by atoms with van der Waals surface area (Å²) in [6.45, 7) is 1.11. The predicted octanol–water partition coefficient (Wildman–Crippen LogP) is 1.88. The van der Waals surface area contributed by atoms with Crippen molar-refractivity contribution in [2.75, 3.05) is 0 Å². The molecule has 1 aromatic heterocycles. The Morgan fingerprint density at radius 3 is 2.09 bits per heavy atom. The van der Waals surface area contributed by atoms with Crippen LogP contribution in [0.2, 0.25) is 0 Å². The van der Waals surface area contributed by atoms with Crippen LogP contribution in [-0.4, -0.2) is 10.2 Å². The van der Waals surface area contributed by atoms with Gasteiger partial charge >= 0.3 is 6.18 Å². The number of alkyl halides is 3. The maximum Gasteiger partial charge on any atom is 0.422 e. The number of aromatic amines is 1. The summed E-state index contributed by atoms with van der Waals surface area (Å²) in [4.78, 5) is 0. The normalized spacial score (nSPS) is 12.1. The highest BCUT2D eigenvalue weighted by Crippen LogP contribution is 2.32. The number of H-pyrrole nitrogens is 1. The van der Waals surface area contributed by atoms with Crippen molar-refractivity contribution in [1.82, 2.24) is 10.2 Å². The summed E-state index contributed by atoms with van der Waals surface area (Å²) in [6, 6.07) is 0. The summed E-state index contributed by atoms with van der Waals surface area (Å²) >= 11 is 0. The summed E-state index contributed by atoms with van der Waals surface area (Å²) in [5.74, 6) is -1.50. The molecule has 0 amide bonds. The van der Waals surface area contributed by atoms with E-state index in [9.17, 15) is 17.6 Å². The third kappa shape index (κ3) is 1.33. The van der Waals surface area contributed by atoms with Crippen molar-refractivity contribution in [2.24, 2.45) is 0 Å². The second kappa shape index (κ2) is 2.21. The van der Waals surface area contributed by atoms with E-state index in [1.54, 1.807) is 0 Å². The fourth-order valence-electron chi connectivity index (χ4n) is 0.729. The molecule has 0 saturated heterocycles. The standard InChI is InChI=1S/C5H4F4N2/c1-2-3(5(7,8)9)4(6)11-10-2/h1H3,(H,10,11). The summed E-state index contributed by atoms with van der Waals surface area (Å²) in [5.41, 5.74) is -1.63. The molecule has 0 atom stereocenters. The van der Waals surface area contributed by atoms with Crippen molar-refractivity contribution in [2.45, 2.75) is 13.1 Å². The van der Waals surface area contributed by atoms with Gasteiger partial charge in [-0.15, -0.1) is 5.10 Å². The van der Waals surface area contributed by atoms with E-state index in [0.717, 1.165) is 6.92 Å². The molecular weight excluding hydrogens is 164 g/mol. The van der Waals surface area contributed by atoms with Crippen LogP contribution in [0.25, 0.3) is 0 Å². The maximum atomic E-state index is 12.2. The molecule has 0 aliphatic carbocycles. The van der Waals surface area contributed by atoms with Crippen LogP contribution in [0.15, 0.2) is 0 Å². The van der Waals surface area contributed by atoms with Crippen molar-refractivity contribution < 1.29 is 17.6 Å². The smallest absolute Gasteiger partial charge is 0.279 e. The zero-order valence-corrected chi connectivity index (χ0v) is 5.46. The van der Waals surface area contributed by atoms with Crippen LogP contribution in [0.3, 0.4) is 0 Å². The summed E-state index contributed by atoms with van der Waals surface area (Å²) in [5, 5.41) is 4.67. The Labute approximate surface area is 59.2 Å². The van der Waals surface area contributed by atoms with E-state index in [0.29, 0.717) is 0 Å². The SMILES string of the molecule is Cc1[nH]nc(F)c1C(F)(F)F. The molecule has 0 aromatic carbocycles. The third-order valence-electron chi connectivity index (χ3n) is 1.19. The average Bonchev–Trinajstić information content (AvgIpc) is 2.08. The highest BCUT2D eigenvalue weighted by Gasteiger charge is 2.37. The molecule has 0 bridgehead atoms. The molecule has 0 fully saturated rings. The predicted molar refractivity (Wildman–Crippen MR) is 28.3 cm³/mol. The lowest BCUT2D eigenvalue weighted by Gasteiger charge is -2.02. The monoisotopic (exact) mass is 168 g/mol. The van der Waals surface area contributed by atoms with Gasteiger partial charge in [0.25, 0.3) is 0 Å². The lowest BCUT2D eigenvalue weighted by molar-refractivity contribution is -0.140. The lowest BCUT2D eigenvalue weighted by Crippen LogP contribution is -2.07. The summed E-state index contributed by atoms with van der Waals surface area (Å²) < 4.78 is 47.8. The first kappa shape index (κ1) is 8.03. The quantitative estimate of drug-likeness (QED) is 0.588. The molecule has 0 aliphatic rings. The molecule has 1 N–H and O–H groups in total. The molecule has 1 rings (SSSR count). The Morgan fingerprint density at radius 2 is 1.91 bits per heavy atom. The van der Waals surface area contributed by atoms with Crippen LogP contribution >= 0.6 is 0 Å². The minimum atomic E-state index is -4.67. The van der Waals surface area contributed by atoms with Crippen LogP contribution in [0, 0.1) is 12.9 Å². The van der Waals surface area contributed by atoms with Crippen molar-refractivity contribution in [1.29, 1.82) is 0 Å². The van der Waals surface area contributed by atoms with E-state index in [1.165, 1.54) is 0 Å². The van der Waals surface area contributed by atoms with Crippen LogP contribution in [0.1, 0.15) is 11.3 Å². The topological polar surface area (TPSA) is 28.7 Å². The summed E-state index contributed by atoms with van der Waals surface area (Å²) in [7, 11) is 0. The van der Waals surface area contributed by atoms with E-state index in [4.69, 9.17) is 0 Å². The molecule has 0 unspecified atom stereocenters. The first-order valence-electron chi connectivity index (χ1n) is 2.70. The Hall–Kier alpha value is -1.07. The van der Waals surface area contributed by atoms with Gasteiger partial charge in [0.05, 0.1) is 0 Å². The van der Waals surface area contributed by atoms with Gasteiger partial charge in [-0.05, 0) is 6.92 Å². The Kier molecular flexibility index (Phi) is 1.62. The number of hydrogen-bond donors (Lipinski definition) is 1. The van der Waals surface area contributed by atoms with Gasteiger partial charge in [-0.25, -0.2) is 0 Å². The number of nitrogens with zero attached hydrogens (tertiary/aromatic N) is 1. The fourth-order valence-corrected chi connectivity index (χ4v) is 0.729. The molecule has 1 heterocycles. The maximum absolute atomic E-state index is 12.2. The third-order valence-corrected chi connectivity index (χ3v) is 1.19. The first-order valence-corrected chi connectivity index (χ1v) is 2.70. The van der Waals surface area contributed by atoms with E-state index in [-0.39, 0.29) is 5.69 Å². The molecule has 0 saturated carbocycles. The van der Waals surface area contributed by atoms with E-state index in [2.05, 4.69) is 5.10 Å². The molecule has 1 aromatic rings. The molecule has 11 heavy (non-hydrogen) atoms. The largest absolute Gasteiger partial charge is 0.422 e. The van der Waals surface area contributed by atoms with Gasteiger partial charge in [0.2, 0.25) is 5.95 Å². The van der Waals surface area contributed by atoms with Crippen molar-refractivity contribution >= 4 is 0 Å². The minimum absolute atomic E-state index is 0.310. The van der Waals surface area contributed by atoms with Crippen LogP contribution in [0.5, 0.6) is 0 Å². The average molecular weight is 168 g/mol. The molecule has 0 aliphatic heterocycles. The number of aromatic nitrogens is 2. The van der Waals surface area contributed by atoms with Crippen LogP contribution in [0.4, 0.5) is 17.6 Å². The first-order chi connectivity index (χ1) is 4.93. The van der Waals surface area contributed by atoms with Gasteiger partial charge in [-0.1, -0.05) is 0 Å². The molecule has 0 spiro atoms. The van der Waals surface area contributed by atoms with Crippen LogP contribution < -0.4 is 0 Å². The van der Waals surface area contributed by atoms with Gasteiger partial charge in [0.15, 0.2) is 0 Å². The molecular formula is C5H4F4N2. The fraction of sp³-hybridized carbons (Fsp3) is 0.400. The molecule has 0 radical (unpaired) electrons. The lowest BCUT2D eigenvalue weighted by atomic mass is 10.2. The van der Waals surface area contributed by atoms with Crippen molar-refractivity contribution in [3.05, 3.63) is 17.2 Å². The van der Waals surface area contributed by atoms with Gasteiger partial charge in [0.1, 0.15) is 5.56 Å². The Balaban J connectivity index is 3.21. The number of nitrogens with one attached hydrogen (secondary N) is 1. The Bertz CT molecular complexity index is 242. The zero-order chi connectivity index (χ0) is 8.65. The van der Waals surface area contributed by atoms with E-state index in [1.807, 2.05) is 5.10 Å². The molecule has 6 heteroatoms. The highest BCUT2D eigenvalue weighted by atomic mass is 19.4. The van der Waals surface area contributed by atoms with Crippen molar-refractivity contribution in [3.8, 4) is 0 Å². The van der Waals surface area contributed by atoms with Gasteiger partial charge in [0, 0.05) is 5.69 Å². The summed E-state index contributed by atoms with van der Waals surface area (Å²) in [6.07, 6.45) is -4.67. The number of rotatable bonds is 0.